The topological polar surface area (TPSA) is 82.6 Å². The van der Waals surface area contributed by atoms with Crippen LogP contribution >= 0.6 is 11.6 Å². The summed E-state index contributed by atoms with van der Waals surface area (Å²) < 4.78 is 14.7. The Morgan fingerprint density at radius 1 is 1.00 bits per heavy atom. The number of nitrogens with zero attached hydrogens (tertiary/aromatic N) is 3. The first-order valence-corrected chi connectivity index (χ1v) is 12.0. The molecule has 2 amide bonds. The van der Waals surface area contributed by atoms with Gasteiger partial charge in [-0.2, -0.15) is 0 Å². The van der Waals surface area contributed by atoms with E-state index in [1.165, 1.54) is 0 Å². The second-order valence-corrected chi connectivity index (χ2v) is 9.47. The second kappa shape index (κ2) is 10.2. The van der Waals surface area contributed by atoms with Crippen LogP contribution < -0.4 is 5.32 Å². The lowest BCUT2D eigenvalue weighted by atomic mass is 10.1. The molecule has 0 saturated carbocycles. The molecule has 33 heavy (non-hydrogen) atoms. The van der Waals surface area contributed by atoms with Gasteiger partial charge in [-0.1, -0.05) is 17.7 Å². The molecule has 9 heteroatoms. The van der Waals surface area contributed by atoms with E-state index in [1.54, 1.807) is 60.5 Å². The average Bonchev–Trinajstić information content (AvgIpc) is 2.85. The van der Waals surface area contributed by atoms with E-state index in [9.17, 15) is 13.8 Å². The van der Waals surface area contributed by atoms with E-state index < -0.39 is 11.0 Å². The third-order valence-corrected chi connectivity index (χ3v) is 7.24. The lowest BCUT2D eigenvalue weighted by Crippen LogP contribution is -2.48. The lowest BCUT2D eigenvalue weighted by Gasteiger charge is -2.33. The van der Waals surface area contributed by atoms with Gasteiger partial charge in [-0.05, 0) is 54.6 Å². The molecule has 1 aromatic heterocycles. The number of carbonyl (C=O) groups excluding carboxylic acids is 2. The van der Waals surface area contributed by atoms with Crippen LogP contribution in [0.2, 0.25) is 5.02 Å². The Morgan fingerprint density at radius 3 is 2.36 bits per heavy atom. The van der Waals surface area contributed by atoms with Gasteiger partial charge in [0.05, 0.1) is 15.6 Å². The molecule has 0 bridgehead atoms. The number of hydrogen-bond donors (Lipinski definition) is 1. The van der Waals surface area contributed by atoms with Crippen molar-refractivity contribution in [3.63, 3.8) is 0 Å². The highest BCUT2D eigenvalue weighted by Gasteiger charge is 2.23. The number of carbonyl (C=O) groups is 2. The Bertz CT molecular complexity index is 1180. The SMILES string of the molecule is CC(=O)N1CCN(S(=O)c2ccc(C(=O)Nc3ccc(Cl)c(-c4ccccn4)c3)cc2)CC1. The average molecular weight is 483 g/mol. The molecule has 1 saturated heterocycles. The zero-order valence-electron chi connectivity index (χ0n) is 18.0. The molecule has 0 spiro atoms. The maximum absolute atomic E-state index is 12.9. The van der Waals surface area contributed by atoms with Crippen LogP contribution in [-0.4, -0.2) is 56.4 Å². The van der Waals surface area contributed by atoms with Crippen molar-refractivity contribution in [2.45, 2.75) is 11.8 Å². The van der Waals surface area contributed by atoms with Crippen molar-refractivity contribution in [1.82, 2.24) is 14.2 Å². The molecule has 0 radical (unpaired) electrons. The highest BCUT2D eigenvalue weighted by molar-refractivity contribution is 7.82. The summed E-state index contributed by atoms with van der Waals surface area (Å²) in [5.74, 6) is -0.250. The molecule has 1 unspecified atom stereocenters. The minimum Gasteiger partial charge on any atom is -0.340 e. The van der Waals surface area contributed by atoms with Crippen molar-refractivity contribution in [2.75, 3.05) is 31.5 Å². The van der Waals surface area contributed by atoms with Crippen LogP contribution in [0.4, 0.5) is 5.69 Å². The number of pyridine rings is 1. The second-order valence-electron chi connectivity index (χ2n) is 7.57. The summed E-state index contributed by atoms with van der Waals surface area (Å²) in [5, 5.41) is 3.42. The van der Waals surface area contributed by atoms with Crippen molar-refractivity contribution >= 4 is 40.1 Å². The fraction of sp³-hybridized carbons (Fsp3) is 0.208. The summed E-state index contributed by atoms with van der Waals surface area (Å²) in [5.41, 5.74) is 2.49. The predicted molar refractivity (Wildman–Crippen MR) is 129 cm³/mol. The van der Waals surface area contributed by atoms with Crippen molar-refractivity contribution < 1.29 is 13.8 Å². The van der Waals surface area contributed by atoms with Gasteiger partial charge in [0.15, 0.2) is 0 Å². The highest BCUT2D eigenvalue weighted by Crippen LogP contribution is 2.29. The summed E-state index contributed by atoms with van der Waals surface area (Å²) in [7, 11) is -1.34. The van der Waals surface area contributed by atoms with Crippen molar-refractivity contribution in [3.8, 4) is 11.3 Å². The zero-order chi connectivity index (χ0) is 23.4. The van der Waals surface area contributed by atoms with Crippen LogP contribution in [0.15, 0.2) is 71.8 Å². The molecule has 1 atom stereocenters. The highest BCUT2D eigenvalue weighted by atomic mass is 35.5. The standard InChI is InChI=1S/C24H23ClN4O3S/c1-17(30)28-12-14-29(15-13-28)33(32)20-8-5-18(6-9-20)24(31)27-19-7-10-22(25)21(16-19)23-4-2-3-11-26-23/h2-11,16H,12-15H2,1H3,(H,27,31). The summed E-state index contributed by atoms with van der Waals surface area (Å²) in [4.78, 5) is 30.9. The smallest absolute Gasteiger partial charge is 0.255 e. The monoisotopic (exact) mass is 482 g/mol. The fourth-order valence-electron chi connectivity index (χ4n) is 3.57. The number of benzene rings is 2. The van der Waals surface area contributed by atoms with Crippen LogP contribution in [0.5, 0.6) is 0 Å². The number of halogens is 1. The Kier molecular flexibility index (Phi) is 7.17. The maximum Gasteiger partial charge on any atom is 0.255 e. The van der Waals surface area contributed by atoms with Crippen molar-refractivity contribution in [2.24, 2.45) is 0 Å². The number of piperazine rings is 1. The normalized spacial score (nSPS) is 15.2. The van der Waals surface area contributed by atoms with Gasteiger partial charge in [-0.3, -0.25) is 14.6 Å². The molecular weight excluding hydrogens is 460 g/mol. The molecule has 0 aliphatic carbocycles. The summed E-state index contributed by atoms with van der Waals surface area (Å²) in [6, 6.07) is 17.5. The third kappa shape index (κ3) is 5.47. The first-order valence-electron chi connectivity index (χ1n) is 10.5. The summed E-state index contributed by atoms with van der Waals surface area (Å²) >= 11 is 6.31. The van der Waals surface area contributed by atoms with Gasteiger partial charge in [0.1, 0.15) is 11.0 Å². The van der Waals surface area contributed by atoms with E-state index in [4.69, 9.17) is 11.6 Å². The van der Waals surface area contributed by atoms with E-state index >= 15 is 0 Å². The number of nitrogens with one attached hydrogen (secondary N) is 1. The summed E-state index contributed by atoms with van der Waals surface area (Å²) in [6.07, 6.45) is 1.69. The van der Waals surface area contributed by atoms with Gasteiger partial charge in [0.2, 0.25) is 5.91 Å². The third-order valence-electron chi connectivity index (χ3n) is 5.40. The molecule has 1 aliphatic heterocycles. The minimum atomic E-state index is -1.34. The van der Waals surface area contributed by atoms with E-state index in [1.807, 2.05) is 22.5 Å². The van der Waals surface area contributed by atoms with Gasteiger partial charge < -0.3 is 10.2 Å². The summed E-state index contributed by atoms with van der Waals surface area (Å²) in [6.45, 7) is 3.75. The minimum absolute atomic E-state index is 0.0311. The molecule has 2 aromatic carbocycles. The first kappa shape index (κ1) is 23.1. The number of aromatic nitrogens is 1. The Balaban J connectivity index is 1.42. The number of amides is 2. The maximum atomic E-state index is 12.9. The molecule has 2 heterocycles. The quantitative estimate of drug-likeness (QED) is 0.599. The molecular formula is C24H23ClN4O3S. The molecule has 1 aliphatic rings. The van der Waals surface area contributed by atoms with Gasteiger partial charge in [-0.25, -0.2) is 8.51 Å². The molecule has 1 fully saturated rings. The van der Waals surface area contributed by atoms with Crippen LogP contribution in [-0.2, 0) is 15.8 Å². The Morgan fingerprint density at radius 2 is 1.73 bits per heavy atom. The molecule has 7 nitrogen and oxygen atoms in total. The first-order chi connectivity index (χ1) is 15.9. The molecule has 170 valence electrons. The van der Waals surface area contributed by atoms with E-state index in [-0.39, 0.29) is 11.8 Å². The van der Waals surface area contributed by atoms with Crippen LogP contribution in [0.1, 0.15) is 17.3 Å². The van der Waals surface area contributed by atoms with E-state index in [0.29, 0.717) is 47.3 Å². The van der Waals surface area contributed by atoms with Gasteiger partial charge in [0.25, 0.3) is 5.91 Å². The van der Waals surface area contributed by atoms with Crippen molar-refractivity contribution in [1.29, 1.82) is 0 Å². The Labute approximate surface area is 200 Å². The molecule has 4 rings (SSSR count). The van der Waals surface area contributed by atoms with Crippen molar-refractivity contribution in [3.05, 3.63) is 77.4 Å². The van der Waals surface area contributed by atoms with E-state index in [0.717, 1.165) is 11.3 Å². The molecule has 1 N–H and O–H groups in total. The van der Waals surface area contributed by atoms with Crippen LogP contribution in [0.3, 0.4) is 0 Å². The zero-order valence-corrected chi connectivity index (χ0v) is 19.6. The fourth-order valence-corrected chi connectivity index (χ4v) is 4.94. The van der Waals surface area contributed by atoms with Gasteiger partial charge in [0, 0.05) is 56.1 Å². The number of hydrogen-bond acceptors (Lipinski definition) is 4. The number of anilines is 1. The van der Waals surface area contributed by atoms with Gasteiger partial charge >= 0.3 is 0 Å². The molecule has 3 aromatic rings. The van der Waals surface area contributed by atoms with Crippen LogP contribution in [0, 0.1) is 0 Å². The Hall–Kier alpha value is -3.07. The predicted octanol–water partition coefficient (Wildman–Crippen LogP) is 3.84. The van der Waals surface area contributed by atoms with Crippen LogP contribution in [0.25, 0.3) is 11.3 Å². The largest absolute Gasteiger partial charge is 0.340 e. The van der Waals surface area contributed by atoms with E-state index in [2.05, 4.69) is 10.3 Å². The van der Waals surface area contributed by atoms with Gasteiger partial charge in [-0.15, -0.1) is 0 Å². The number of rotatable bonds is 5. The lowest BCUT2D eigenvalue weighted by molar-refractivity contribution is -0.129.